The van der Waals surface area contributed by atoms with E-state index >= 15 is 0 Å². The molecule has 0 aliphatic heterocycles. The lowest BCUT2D eigenvalue weighted by molar-refractivity contribution is -0.118. The molecule has 0 radical (unpaired) electrons. The van der Waals surface area contributed by atoms with Gasteiger partial charge in [-0.1, -0.05) is 0 Å². The van der Waals surface area contributed by atoms with E-state index in [4.69, 9.17) is 14.9 Å². The number of amides is 1. The Morgan fingerprint density at radius 3 is 2.81 bits per heavy atom. The highest BCUT2D eigenvalue weighted by atomic mass is 16.5. The van der Waals surface area contributed by atoms with Gasteiger partial charge in [0.05, 0.1) is 6.61 Å². The molecule has 0 aromatic carbocycles. The molecule has 0 saturated carbocycles. The zero-order valence-corrected chi connectivity index (χ0v) is 11.7. The molecule has 0 unspecified atom stereocenters. The highest BCUT2D eigenvalue weighted by Gasteiger charge is 2.23. The number of primary amides is 1. The molecule has 2 aromatic rings. The van der Waals surface area contributed by atoms with Crippen molar-refractivity contribution < 1.29 is 18.7 Å². The molecule has 21 heavy (non-hydrogen) atoms. The lowest BCUT2D eigenvalue weighted by Gasteiger charge is -2.03. The topological polar surface area (TPSA) is 117 Å². The summed E-state index contributed by atoms with van der Waals surface area (Å²) < 4.78 is 11.4. The number of carbonyl (C=O) groups is 2. The molecular weight excluding hydrogens is 278 g/mol. The van der Waals surface area contributed by atoms with Gasteiger partial charge in [-0.25, -0.2) is 9.78 Å². The average molecular weight is 293 g/mol. The summed E-state index contributed by atoms with van der Waals surface area (Å²) in [6, 6.07) is 0. The number of ether oxygens (including phenoxy) is 1. The maximum Gasteiger partial charge on any atom is 0.342 e. The van der Waals surface area contributed by atoms with Gasteiger partial charge in [-0.2, -0.15) is 0 Å². The normalized spacial score (nSPS) is 10.8. The van der Waals surface area contributed by atoms with Crippen molar-refractivity contribution >= 4 is 23.0 Å². The molecule has 8 heteroatoms. The first-order chi connectivity index (χ1) is 9.95. The molecule has 0 atom stereocenters. The SMILES string of the molecule is CCOC(=O)c1c(C)oc2ncn(CCC(N)=O)c(=O)c12. The summed E-state index contributed by atoms with van der Waals surface area (Å²) in [4.78, 5) is 39.1. The molecule has 0 saturated heterocycles. The largest absolute Gasteiger partial charge is 0.462 e. The average Bonchev–Trinajstić information content (AvgIpc) is 2.75. The quantitative estimate of drug-likeness (QED) is 0.795. The van der Waals surface area contributed by atoms with Crippen molar-refractivity contribution in [2.24, 2.45) is 5.73 Å². The Hall–Kier alpha value is -2.64. The van der Waals surface area contributed by atoms with Crippen LogP contribution in [0.4, 0.5) is 0 Å². The van der Waals surface area contributed by atoms with Crippen molar-refractivity contribution in [2.45, 2.75) is 26.8 Å². The third kappa shape index (κ3) is 2.78. The summed E-state index contributed by atoms with van der Waals surface area (Å²) in [7, 11) is 0. The number of aromatic nitrogens is 2. The summed E-state index contributed by atoms with van der Waals surface area (Å²) in [6.07, 6.45) is 1.25. The molecule has 112 valence electrons. The Labute approximate surface area is 119 Å². The van der Waals surface area contributed by atoms with E-state index in [1.54, 1.807) is 13.8 Å². The number of fused-ring (bicyclic) bond motifs is 1. The van der Waals surface area contributed by atoms with E-state index in [9.17, 15) is 14.4 Å². The lowest BCUT2D eigenvalue weighted by Crippen LogP contribution is -2.24. The highest BCUT2D eigenvalue weighted by molar-refractivity contribution is 6.03. The number of carbonyl (C=O) groups excluding carboxylic acids is 2. The van der Waals surface area contributed by atoms with Crippen LogP contribution in [0, 0.1) is 6.92 Å². The fourth-order valence-electron chi connectivity index (χ4n) is 1.98. The van der Waals surface area contributed by atoms with Gasteiger partial charge in [-0.05, 0) is 13.8 Å². The fraction of sp³-hybridized carbons (Fsp3) is 0.385. The van der Waals surface area contributed by atoms with Gasteiger partial charge < -0.3 is 14.9 Å². The molecule has 0 aliphatic carbocycles. The van der Waals surface area contributed by atoms with Crippen molar-refractivity contribution in [3.8, 4) is 0 Å². The number of furan rings is 1. The zero-order valence-electron chi connectivity index (χ0n) is 11.7. The van der Waals surface area contributed by atoms with Gasteiger partial charge in [0.1, 0.15) is 23.0 Å². The van der Waals surface area contributed by atoms with Crippen LogP contribution in [0.3, 0.4) is 0 Å². The van der Waals surface area contributed by atoms with Gasteiger partial charge in [-0.15, -0.1) is 0 Å². The van der Waals surface area contributed by atoms with Gasteiger partial charge >= 0.3 is 5.97 Å². The summed E-state index contributed by atoms with van der Waals surface area (Å²) in [5.41, 5.74) is 4.72. The predicted octanol–water partition coefficient (Wildman–Crippen LogP) is 0.350. The minimum Gasteiger partial charge on any atom is -0.462 e. The molecule has 2 N–H and O–H groups in total. The number of nitrogens with two attached hydrogens (primary N) is 1. The minimum atomic E-state index is -0.639. The van der Waals surface area contributed by atoms with Crippen LogP contribution in [-0.2, 0) is 16.1 Å². The molecule has 2 aromatic heterocycles. The Balaban J connectivity index is 2.57. The van der Waals surface area contributed by atoms with Gasteiger partial charge in [0.2, 0.25) is 11.6 Å². The molecule has 0 aliphatic rings. The Morgan fingerprint density at radius 1 is 1.48 bits per heavy atom. The maximum absolute atomic E-state index is 12.4. The van der Waals surface area contributed by atoms with Crippen LogP contribution in [-0.4, -0.2) is 28.0 Å². The second-order valence-electron chi connectivity index (χ2n) is 4.39. The highest BCUT2D eigenvalue weighted by Crippen LogP contribution is 2.21. The molecule has 8 nitrogen and oxygen atoms in total. The van der Waals surface area contributed by atoms with Gasteiger partial charge in [0, 0.05) is 13.0 Å². The first-order valence-corrected chi connectivity index (χ1v) is 6.39. The van der Waals surface area contributed by atoms with E-state index in [0.717, 1.165) is 0 Å². The van der Waals surface area contributed by atoms with Crippen LogP contribution in [0.5, 0.6) is 0 Å². The van der Waals surface area contributed by atoms with Crippen LogP contribution in [0.2, 0.25) is 0 Å². The number of aryl methyl sites for hydroxylation is 2. The van der Waals surface area contributed by atoms with Crippen LogP contribution < -0.4 is 11.3 Å². The summed E-state index contributed by atoms with van der Waals surface area (Å²) >= 11 is 0. The monoisotopic (exact) mass is 293 g/mol. The summed E-state index contributed by atoms with van der Waals surface area (Å²) in [5, 5.41) is 0.0536. The van der Waals surface area contributed by atoms with E-state index in [1.165, 1.54) is 10.9 Å². The Morgan fingerprint density at radius 2 is 2.19 bits per heavy atom. The number of hydrogen-bond acceptors (Lipinski definition) is 6. The molecule has 2 rings (SSSR count). The summed E-state index contributed by atoms with van der Waals surface area (Å²) in [5.74, 6) is -0.906. The number of rotatable bonds is 5. The van der Waals surface area contributed by atoms with Crippen LogP contribution in [0.25, 0.3) is 11.1 Å². The molecule has 0 spiro atoms. The smallest absolute Gasteiger partial charge is 0.342 e. The zero-order chi connectivity index (χ0) is 15.6. The molecule has 0 bridgehead atoms. The van der Waals surface area contributed by atoms with E-state index in [2.05, 4.69) is 4.98 Å². The third-order valence-electron chi connectivity index (χ3n) is 2.93. The minimum absolute atomic E-state index is 0.00132. The number of hydrogen-bond donors (Lipinski definition) is 1. The lowest BCUT2D eigenvalue weighted by atomic mass is 10.2. The third-order valence-corrected chi connectivity index (χ3v) is 2.93. The Kier molecular flexibility index (Phi) is 4.06. The standard InChI is InChI=1S/C13H15N3O5/c1-3-20-13(19)9-7(2)21-11-10(9)12(18)16(6-15-11)5-4-8(14)17/h6H,3-5H2,1-2H3,(H2,14,17). The van der Waals surface area contributed by atoms with Gasteiger partial charge in [-0.3, -0.25) is 14.2 Å². The molecular formula is C13H15N3O5. The van der Waals surface area contributed by atoms with Crippen molar-refractivity contribution in [1.82, 2.24) is 9.55 Å². The molecule has 0 fully saturated rings. The first-order valence-electron chi connectivity index (χ1n) is 6.39. The maximum atomic E-state index is 12.4. The second-order valence-corrected chi connectivity index (χ2v) is 4.39. The summed E-state index contributed by atoms with van der Waals surface area (Å²) in [6.45, 7) is 3.49. The van der Waals surface area contributed by atoms with Crippen molar-refractivity contribution in [3.05, 3.63) is 28.0 Å². The van der Waals surface area contributed by atoms with Crippen LogP contribution in [0.15, 0.2) is 15.5 Å². The predicted molar refractivity (Wildman–Crippen MR) is 72.8 cm³/mol. The Bertz CT molecular complexity index is 759. The van der Waals surface area contributed by atoms with Crippen molar-refractivity contribution in [1.29, 1.82) is 0 Å². The van der Waals surface area contributed by atoms with Crippen molar-refractivity contribution in [2.75, 3.05) is 6.61 Å². The number of nitrogens with zero attached hydrogens (tertiary/aromatic N) is 2. The van der Waals surface area contributed by atoms with Crippen LogP contribution in [0.1, 0.15) is 29.5 Å². The number of esters is 1. The van der Waals surface area contributed by atoms with E-state index in [1.807, 2.05) is 0 Å². The van der Waals surface area contributed by atoms with E-state index in [-0.39, 0.29) is 42.0 Å². The van der Waals surface area contributed by atoms with Gasteiger partial charge in [0.25, 0.3) is 5.56 Å². The first kappa shape index (κ1) is 14.8. The van der Waals surface area contributed by atoms with Crippen LogP contribution >= 0.6 is 0 Å². The molecule has 2 heterocycles. The molecule has 1 amide bonds. The van der Waals surface area contributed by atoms with Crippen molar-refractivity contribution in [3.63, 3.8) is 0 Å². The van der Waals surface area contributed by atoms with E-state index < -0.39 is 17.4 Å². The fourth-order valence-corrected chi connectivity index (χ4v) is 1.98. The van der Waals surface area contributed by atoms with E-state index in [0.29, 0.717) is 0 Å². The second kappa shape index (κ2) is 5.78. The van der Waals surface area contributed by atoms with Gasteiger partial charge in [0.15, 0.2) is 0 Å².